The number of aryl methyl sites for hydroxylation is 3. The standard InChI is InChI=1S/C50H49ClFN7O9/c1-27-41(28(2)55(4)54-27)43-36(51)16-15-34-33(10-7-25-67-38-11-5-8-30-26-31(52)13-14-32(30)38)45(50(65)66)58(44(34)43)24-21-56-19-22-57(23-20-56)47(62)29(3)68-39-12-6-9-35-42(39)49(64)59(48(35)63)37-17-18-40(60)53-46(37)61/h5-6,8-9,11-16,26,29,37H,7,10,17-25H2,1-4H3,(H,65,66)(H,53,60,61)/t29-,37-/m1/s1. The summed E-state index contributed by atoms with van der Waals surface area (Å²) in [5.41, 5.74) is 4.64. The molecular formula is C50H49ClFN7O9. The number of ether oxygens (including phenoxy) is 2. The van der Waals surface area contributed by atoms with Crippen LogP contribution in [0, 0.1) is 19.7 Å². The van der Waals surface area contributed by atoms with Gasteiger partial charge in [0.15, 0.2) is 6.10 Å². The quantitative estimate of drug-likeness (QED) is 0.0919. The fourth-order valence-corrected chi connectivity index (χ4v) is 10.1. The van der Waals surface area contributed by atoms with Crippen LogP contribution in [0.1, 0.15) is 74.3 Å². The number of carboxylic acid groups (broad SMARTS) is 1. The Morgan fingerprint density at radius 1 is 0.912 bits per heavy atom. The average molecular weight is 946 g/mol. The molecule has 18 heteroatoms. The fourth-order valence-electron chi connectivity index (χ4n) is 9.88. The van der Waals surface area contributed by atoms with Gasteiger partial charge in [-0.2, -0.15) is 5.10 Å². The number of aromatic nitrogens is 3. The van der Waals surface area contributed by atoms with Gasteiger partial charge in [-0.3, -0.25) is 43.8 Å². The zero-order valence-corrected chi connectivity index (χ0v) is 38.7. The van der Waals surface area contributed by atoms with E-state index in [-0.39, 0.29) is 53.7 Å². The summed E-state index contributed by atoms with van der Waals surface area (Å²) >= 11 is 7.06. The van der Waals surface area contributed by atoms with E-state index in [4.69, 9.17) is 21.1 Å². The summed E-state index contributed by atoms with van der Waals surface area (Å²) in [4.78, 5) is 83.3. The molecule has 9 rings (SSSR count). The summed E-state index contributed by atoms with van der Waals surface area (Å²) in [6.07, 6.45) is -0.176. The fraction of sp³-hybridized carbons (Fsp3) is 0.340. The van der Waals surface area contributed by atoms with E-state index in [9.17, 15) is 38.3 Å². The number of carboxylic acids is 1. The first-order valence-corrected chi connectivity index (χ1v) is 22.9. The summed E-state index contributed by atoms with van der Waals surface area (Å²) in [5, 5.41) is 20.5. The van der Waals surface area contributed by atoms with Gasteiger partial charge in [0.2, 0.25) is 11.8 Å². The molecule has 4 aromatic carbocycles. The minimum Gasteiger partial charge on any atom is -0.493 e. The van der Waals surface area contributed by atoms with Crippen molar-refractivity contribution in [3.63, 3.8) is 0 Å². The molecule has 0 aliphatic carbocycles. The number of piperidine rings is 1. The van der Waals surface area contributed by atoms with Crippen molar-refractivity contribution in [2.75, 3.05) is 39.3 Å². The highest BCUT2D eigenvalue weighted by Gasteiger charge is 2.46. The molecule has 0 spiro atoms. The molecule has 5 amide bonds. The van der Waals surface area contributed by atoms with Crippen molar-refractivity contribution in [1.29, 1.82) is 0 Å². The molecule has 6 aromatic rings. The largest absolute Gasteiger partial charge is 0.493 e. The third kappa shape index (κ3) is 8.33. The first-order valence-electron chi connectivity index (χ1n) is 22.5. The van der Waals surface area contributed by atoms with E-state index in [1.54, 1.807) is 40.8 Å². The number of hydrogen-bond donors (Lipinski definition) is 2. The zero-order chi connectivity index (χ0) is 48.1. The second-order valence-electron chi connectivity index (χ2n) is 17.4. The number of carbonyl (C=O) groups is 6. The SMILES string of the molecule is Cc1nn(C)c(C)c1-c1c(Cl)ccc2c(CCCOc3cccc4cc(F)ccc34)c(C(=O)O)n(CCN3CCN(C(=O)[C@@H](C)Oc4cccc5c4C(=O)N([C@@H]4CCC(=O)NC4=O)C5=O)CC3)c12. The second-order valence-corrected chi connectivity index (χ2v) is 17.8. The topological polar surface area (TPSA) is 186 Å². The highest BCUT2D eigenvalue weighted by molar-refractivity contribution is 6.35. The van der Waals surface area contributed by atoms with Crippen molar-refractivity contribution in [2.45, 2.75) is 65.1 Å². The maximum Gasteiger partial charge on any atom is 0.352 e. The summed E-state index contributed by atoms with van der Waals surface area (Å²) in [6, 6.07) is 17.0. The number of halogens is 2. The van der Waals surface area contributed by atoms with Gasteiger partial charge < -0.3 is 24.0 Å². The summed E-state index contributed by atoms with van der Waals surface area (Å²) in [7, 11) is 1.85. The van der Waals surface area contributed by atoms with E-state index in [0.29, 0.717) is 84.9 Å². The van der Waals surface area contributed by atoms with Crippen molar-refractivity contribution < 1.29 is 47.7 Å². The average Bonchev–Trinajstić information content (AvgIpc) is 3.87. The van der Waals surface area contributed by atoms with Gasteiger partial charge >= 0.3 is 5.97 Å². The number of imide groups is 2. The Kier molecular flexibility index (Phi) is 12.5. The lowest BCUT2D eigenvalue weighted by atomic mass is 9.98. The molecule has 16 nitrogen and oxygen atoms in total. The molecule has 0 saturated carbocycles. The van der Waals surface area contributed by atoms with Crippen LogP contribution in [0.2, 0.25) is 5.02 Å². The van der Waals surface area contributed by atoms with Gasteiger partial charge in [0.25, 0.3) is 17.7 Å². The number of fused-ring (bicyclic) bond motifs is 3. The second kappa shape index (κ2) is 18.5. The minimum absolute atomic E-state index is 0.00675. The minimum atomic E-state index is -1.14. The Hall–Kier alpha value is -7.11. The Morgan fingerprint density at radius 2 is 1.65 bits per heavy atom. The number of benzene rings is 4. The Balaban J connectivity index is 0.912. The van der Waals surface area contributed by atoms with Gasteiger partial charge in [-0.05, 0) is 93.4 Å². The maximum absolute atomic E-state index is 14.0. The maximum atomic E-state index is 14.0. The van der Waals surface area contributed by atoms with Crippen molar-refractivity contribution >= 4 is 68.8 Å². The molecule has 0 unspecified atom stereocenters. The van der Waals surface area contributed by atoms with E-state index in [2.05, 4.69) is 15.3 Å². The number of piperazine rings is 1. The normalized spacial score (nSPS) is 17.0. The van der Waals surface area contributed by atoms with E-state index in [0.717, 1.165) is 32.6 Å². The number of nitrogens with one attached hydrogen (secondary N) is 1. The molecule has 2 aromatic heterocycles. The van der Waals surface area contributed by atoms with Crippen LogP contribution in [-0.4, -0.2) is 121 Å². The van der Waals surface area contributed by atoms with Crippen LogP contribution in [0.4, 0.5) is 4.39 Å². The highest BCUT2D eigenvalue weighted by Crippen LogP contribution is 2.42. The van der Waals surface area contributed by atoms with Crippen LogP contribution in [0.5, 0.6) is 11.5 Å². The van der Waals surface area contributed by atoms with E-state index < -0.39 is 41.7 Å². The van der Waals surface area contributed by atoms with Crippen molar-refractivity contribution in [2.24, 2.45) is 7.05 Å². The summed E-state index contributed by atoms with van der Waals surface area (Å²) < 4.78 is 29.9. The number of nitrogens with zero attached hydrogens (tertiary/aromatic N) is 6. The van der Waals surface area contributed by atoms with Crippen LogP contribution in [0.3, 0.4) is 0 Å². The number of rotatable bonds is 14. The van der Waals surface area contributed by atoms with E-state index in [1.165, 1.54) is 24.3 Å². The summed E-state index contributed by atoms with van der Waals surface area (Å²) in [5.74, 6) is -3.72. The van der Waals surface area contributed by atoms with E-state index in [1.807, 2.05) is 43.7 Å². The van der Waals surface area contributed by atoms with Gasteiger partial charge in [0.05, 0.1) is 34.0 Å². The Morgan fingerprint density at radius 3 is 2.37 bits per heavy atom. The lowest BCUT2D eigenvalue weighted by Crippen LogP contribution is -2.54. The summed E-state index contributed by atoms with van der Waals surface area (Å²) in [6.45, 7) is 8.11. The Labute approximate surface area is 395 Å². The molecule has 2 fully saturated rings. The smallest absolute Gasteiger partial charge is 0.352 e. The van der Waals surface area contributed by atoms with Gasteiger partial charge in [-0.15, -0.1) is 0 Å². The zero-order valence-electron chi connectivity index (χ0n) is 37.9. The van der Waals surface area contributed by atoms with Crippen LogP contribution >= 0.6 is 11.6 Å². The molecular weight excluding hydrogens is 897 g/mol. The van der Waals surface area contributed by atoms with Gasteiger partial charge in [-0.1, -0.05) is 35.9 Å². The molecule has 2 atom stereocenters. The third-order valence-corrected chi connectivity index (χ3v) is 13.6. The lowest BCUT2D eigenvalue weighted by Gasteiger charge is -2.36. The molecule has 2 N–H and O–H groups in total. The lowest BCUT2D eigenvalue weighted by molar-refractivity contribution is -0.140. The van der Waals surface area contributed by atoms with Crippen LogP contribution in [-0.2, 0) is 34.4 Å². The van der Waals surface area contributed by atoms with Gasteiger partial charge in [0.1, 0.15) is 29.1 Å². The molecule has 3 aliphatic heterocycles. The Bertz CT molecular complexity index is 3080. The number of aromatic carboxylic acids is 1. The molecule has 0 radical (unpaired) electrons. The van der Waals surface area contributed by atoms with Gasteiger partial charge in [-0.25, -0.2) is 9.18 Å². The van der Waals surface area contributed by atoms with Crippen LogP contribution in [0.15, 0.2) is 66.7 Å². The number of amides is 5. The monoisotopic (exact) mass is 945 g/mol. The number of carbonyl (C=O) groups excluding carboxylic acids is 5. The number of hydrogen-bond acceptors (Lipinski definition) is 10. The molecule has 3 aliphatic rings. The molecule has 352 valence electrons. The molecule has 0 bridgehead atoms. The first-order chi connectivity index (χ1) is 32.6. The van der Waals surface area contributed by atoms with Crippen molar-refractivity contribution in [3.8, 4) is 22.6 Å². The molecule has 68 heavy (non-hydrogen) atoms. The van der Waals surface area contributed by atoms with Crippen molar-refractivity contribution in [1.82, 2.24) is 34.4 Å². The molecule has 2 saturated heterocycles. The molecule has 5 heterocycles. The van der Waals surface area contributed by atoms with Crippen LogP contribution in [0.25, 0.3) is 32.8 Å². The predicted octanol–water partition coefficient (Wildman–Crippen LogP) is 6.33. The van der Waals surface area contributed by atoms with Crippen molar-refractivity contribution in [3.05, 3.63) is 111 Å². The van der Waals surface area contributed by atoms with Gasteiger partial charge in [0, 0.05) is 80.3 Å². The third-order valence-electron chi connectivity index (χ3n) is 13.3. The highest BCUT2D eigenvalue weighted by atomic mass is 35.5. The predicted molar refractivity (Wildman–Crippen MR) is 250 cm³/mol. The first kappa shape index (κ1) is 46.0. The van der Waals surface area contributed by atoms with Crippen LogP contribution < -0.4 is 14.8 Å². The van der Waals surface area contributed by atoms with E-state index >= 15 is 0 Å².